The Bertz CT molecular complexity index is 700. The molecule has 21 heavy (non-hydrogen) atoms. The molecule has 0 aliphatic rings. The highest BCUT2D eigenvalue weighted by Crippen LogP contribution is 2.21. The van der Waals surface area contributed by atoms with Gasteiger partial charge in [-0.3, -0.25) is 0 Å². The Labute approximate surface area is 121 Å². The van der Waals surface area contributed by atoms with Crippen LogP contribution in [0.5, 0.6) is 11.5 Å². The maximum Gasteiger partial charge on any atom is 0.227 e. The number of halogens is 1. The number of ether oxygens (including phenoxy) is 1. The van der Waals surface area contributed by atoms with Crippen LogP contribution in [0.4, 0.5) is 16.0 Å². The van der Waals surface area contributed by atoms with E-state index in [4.69, 9.17) is 4.74 Å². The number of nitrogens with one attached hydrogen (secondary N) is 1. The van der Waals surface area contributed by atoms with Crippen molar-refractivity contribution in [3.63, 3.8) is 0 Å². The van der Waals surface area contributed by atoms with Gasteiger partial charge in [-0.15, -0.1) is 0 Å². The molecule has 3 aromatic rings. The molecule has 0 aliphatic carbocycles. The number of rotatable bonds is 4. The van der Waals surface area contributed by atoms with Crippen LogP contribution in [0.15, 0.2) is 67.0 Å². The summed E-state index contributed by atoms with van der Waals surface area (Å²) >= 11 is 0. The van der Waals surface area contributed by atoms with E-state index in [1.165, 1.54) is 12.1 Å². The van der Waals surface area contributed by atoms with Crippen LogP contribution < -0.4 is 10.1 Å². The second kappa shape index (κ2) is 6.00. The second-order valence-electron chi connectivity index (χ2n) is 4.29. The van der Waals surface area contributed by atoms with Gasteiger partial charge in [0.15, 0.2) is 5.75 Å². The zero-order valence-corrected chi connectivity index (χ0v) is 11.0. The second-order valence-corrected chi connectivity index (χ2v) is 4.29. The number of aromatic nitrogens is 2. The van der Waals surface area contributed by atoms with Crippen molar-refractivity contribution in [2.75, 3.05) is 5.32 Å². The predicted octanol–water partition coefficient (Wildman–Crippen LogP) is 4.15. The Kier molecular flexibility index (Phi) is 3.73. The molecular weight excluding hydrogens is 269 g/mol. The van der Waals surface area contributed by atoms with E-state index in [-0.39, 0.29) is 5.82 Å². The first-order valence-electron chi connectivity index (χ1n) is 6.37. The van der Waals surface area contributed by atoms with Crippen molar-refractivity contribution >= 4 is 11.6 Å². The van der Waals surface area contributed by atoms with E-state index >= 15 is 0 Å². The van der Waals surface area contributed by atoms with Crippen LogP contribution in [0.25, 0.3) is 0 Å². The van der Waals surface area contributed by atoms with Crippen LogP contribution in [-0.2, 0) is 0 Å². The molecular formula is C16H12FN3O. The van der Waals surface area contributed by atoms with Crippen molar-refractivity contribution < 1.29 is 9.13 Å². The van der Waals surface area contributed by atoms with Crippen molar-refractivity contribution in [2.24, 2.45) is 0 Å². The predicted molar refractivity (Wildman–Crippen MR) is 78.2 cm³/mol. The Morgan fingerprint density at radius 1 is 0.810 bits per heavy atom. The highest BCUT2D eigenvalue weighted by atomic mass is 19.1. The lowest BCUT2D eigenvalue weighted by molar-refractivity contribution is 0.476. The number of hydrogen-bond acceptors (Lipinski definition) is 4. The lowest BCUT2D eigenvalue weighted by Crippen LogP contribution is -1.96. The van der Waals surface area contributed by atoms with Crippen LogP contribution in [0.1, 0.15) is 0 Å². The van der Waals surface area contributed by atoms with Gasteiger partial charge < -0.3 is 10.1 Å². The summed E-state index contributed by atoms with van der Waals surface area (Å²) in [7, 11) is 0. The molecule has 0 saturated carbocycles. The molecule has 1 aromatic heterocycles. The fourth-order valence-electron chi connectivity index (χ4n) is 1.72. The highest BCUT2D eigenvalue weighted by Gasteiger charge is 2.01. The molecule has 0 unspecified atom stereocenters. The van der Waals surface area contributed by atoms with E-state index in [0.717, 1.165) is 5.69 Å². The normalized spacial score (nSPS) is 10.1. The first kappa shape index (κ1) is 13.1. The smallest absolute Gasteiger partial charge is 0.227 e. The summed E-state index contributed by atoms with van der Waals surface area (Å²) < 4.78 is 18.3. The van der Waals surface area contributed by atoms with Crippen LogP contribution in [0, 0.1) is 5.82 Å². The van der Waals surface area contributed by atoms with Gasteiger partial charge >= 0.3 is 0 Å². The lowest BCUT2D eigenvalue weighted by Gasteiger charge is -2.07. The molecule has 0 fully saturated rings. The van der Waals surface area contributed by atoms with Gasteiger partial charge in [0.2, 0.25) is 5.95 Å². The van der Waals surface area contributed by atoms with Crippen LogP contribution in [-0.4, -0.2) is 9.97 Å². The van der Waals surface area contributed by atoms with E-state index in [0.29, 0.717) is 17.4 Å². The van der Waals surface area contributed by atoms with Gasteiger partial charge in [0.05, 0.1) is 12.4 Å². The fourth-order valence-corrected chi connectivity index (χ4v) is 1.72. The molecule has 3 rings (SSSR count). The summed E-state index contributed by atoms with van der Waals surface area (Å²) in [6.07, 6.45) is 3.11. The molecule has 1 heterocycles. The number of benzene rings is 2. The van der Waals surface area contributed by atoms with Crippen molar-refractivity contribution in [3.05, 3.63) is 72.8 Å². The number of hydrogen-bond donors (Lipinski definition) is 1. The van der Waals surface area contributed by atoms with E-state index in [2.05, 4.69) is 15.3 Å². The number of anilines is 2. The van der Waals surface area contributed by atoms with Gasteiger partial charge in [-0.05, 0) is 36.4 Å². The summed E-state index contributed by atoms with van der Waals surface area (Å²) in [5.41, 5.74) is 0.907. The van der Waals surface area contributed by atoms with Crippen LogP contribution in [0.2, 0.25) is 0 Å². The van der Waals surface area contributed by atoms with Gasteiger partial charge in [0.1, 0.15) is 11.6 Å². The summed E-state index contributed by atoms with van der Waals surface area (Å²) in [6, 6.07) is 15.4. The third-order valence-corrected chi connectivity index (χ3v) is 2.71. The third kappa shape index (κ3) is 3.54. The number of para-hydroxylation sites is 1. The molecule has 104 valence electrons. The molecule has 4 nitrogen and oxygen atoms in total. The zero-order valence-electron chi connectivity index (χ0n) is 11.0. The van der Waals surface area contributed by atoms with Crippen molar-refractivity contribution in [1.29, 1.82) is 0 Å². The molecule has 0 bridgehead atoms. The average Bonchev–Trinajstić information content (AvgIpc) is 2.53. The standard InChI is InChI=1S/C16H12FN3O/c17-12-6-8-14(9-7-12)21-15-10-18-16(19-11-15)20-13-4-2-1-3-5-13/h1-11H,(H,18,19,20). The minimum Gasteiger partial charge on any atom is -0.454 e. The maximum absolute atomic E-state index is 12.8. The Morgan fingerprint density at radius 2 is 1.48 bits per heavy atom. The van der Waals surface area contributed by atoms with Gasteiger partial charge in [-0.1, -0.05) is 18.2 Å². The first-order chi connectivity index (χ1) is 10.3. The van der Waals surface area contributed by atoms with Crippen molar-refractivity contribution in [1.82, 2.24) is 9.97 Å². The molecule has 1 N–H and O–H groups in total. The van der Waals surface area contributed by atoms with E-state index < -0.39 is 0 Å². The van der Waals surface area contributed by atoms with E-state index in [9.17, 15) is 4.39 Å². The Balaban J connectivity index is 1.68. The quantitative estimate of drug-likeness (QED) is 0.780. The zero-order chi connectivity index (χ0) is 14.5. The minimum atomic E-state index is -0.305. The molecule has 0 atom stereocenters. The van der Waals surface area contributed by atoms with Gasteiger partial charge in [0.25, 0.3) is 0 Å². The average molecular weight is 281 g/mol. The van der Waals surface area contributed by atoms with Crippen LogP contribution >= 0.6 is 0 Å². The number of nitrogens with zero attached hydrogens (tertiary/aromatic N) is 2. The lowest BCUT2D eigenvalue weighted by atomic mass is 10.3. The summed E-state index contributed by atoms with van der Waals surface area (Å²) in [5, 5.41) is 3.08. The summed E-state index contributed by atoms with van der Waals surface area (Å²) in [5.74, 6) is 1.19. The van der Waals surface area contributed by atoms with E-state index in [1.807, 2.05) is 30.3 Å². The SMILES string of the molecule is Fc1ccc(Oc2cnc(Nc3ccccc3)nc2)cc1. The third-order valence-electron chi connectivity index (χ3n) is 2.71. The topological polar surface area (TPSA) is 47.0 Å². The van der Waals surface area contributed by atoms with Crippen molar-refractivity contribution in [3.8, 4) is 11.5 Å². The van der Waals surface area contributed by atoms with E-state index in [1.54, 1.807) is 24.5 Å². The van der Waals surface area contributed by atoms with Crippen LogP contribution in [0.3, 0.4) is 0 Å². The molecule has 2 aromatic carbocycles. The van der Waals surface area contributed by atoms with Gasteiger partial charge in [0, 0.05) is 5.69 Å². The molecule has 0 amide bonds. The summed E-state index contributed by atoms with van der Waals surface area (Å²) in [6.45, 7) is 0. The fraction of sp³-hybridized carbons (Fsp3) is 0. The molecule has 0 radical (unpaired) electrons. The molecule has 5 heteroatoms. The maximum atomic E-state index is 12.8. The highest BCUT2D eigenvalue weighted by molar-refractivity contribution is 5.52. The minimum absolute atomic E-state index is 0.305. The van der Waals surface area contributed by atoms with Crippen molar-refractivity contribution in [2.45, 2.75) is 0 Å². The van der Waals surface area contributed by atoms with Gasteiger partial charge in [-0.25, -0.2) is 14.4 Å². The molecule has 0 saturated heterocycles. The Morgan fingerprint density at radius 3 is 2.14 bits per heavy atom. The van der Waals surface area contributed by atoms with Gasteiger partial charge in [-0.2, -0.15) is 0 Å². The molecule has 0 aliphatic heterocycles. The largest absolute Gasteiger partial charge is 0.454 e. The monoisotopic (exact) mass is 281 g/mol. The Hall–Kier alpha value is -2.95. The first-order valence-corrected chi connectivity index (χ1v) is 6.37. The summed E-state index contributed by atoms with van der Waals surface area (Å²) in [4.78, 5) is 8.33. The molecule has 0 spiro atoms.